The summed E-state index contributed by atoms with van der Waals surface area (Å²) < 4.78 is 0.0365. The number of thioether (sulfide) groups is 1. The number of Topliss-reactive ketones (excluding diaryl/α,β-unsaturated/α-hetero) is 2. The van der Waals surface area contributed by atoms with E-state index in [1.165, 1.54) is 0 Å². The molecule has 0 heterocycles. The molecule has 0 spiro atoms. The van der Waals surface area contributed by atoms with Crippen LogP contribution in [0, 0.1) is 17.8 Å². The van der Waals surface area contributed by atoms with Crippen LogP contribution in [-0.2, 0) is 14.4 Å². The Balaban J connectivity index is 2.15. The minimum absolute atomic E-state index is 0.0306. The molecule has 2 unspecified atom stereocenters. The van der Waals surface area contributed by atoms with E-state index in [0.717, 1.165) is 6.42 Å². The molecule has 0 aromatic carbocycles. The summed E-state index contributed by atoms with van der Waals surface area (Å²) in [5.74, 6) is -2.97. The van der Waals surface area contributed by atoms with E-state index >= 15 is 0 Å². The summed E-state index contributed by atoms with van der Waals surface area (Å²) in [7, 11) is 0. The van der Waals surface area contributed by atoms with Gasteiger partial charge in [0.2, 0.25) is 0 Å². The second-order valence-corrected chi connectivity index (χ2v) is 6.24. The maximum atomic E-state index is 11.7. The van der Waals surface area contributed by atoms with Crippen LogP contribution in [-0.4, -0.2) is 33.6 Å². The molecule has 0 saturated heterocycles. The first-order valence-electron chi connectivity index (χ1n) is 5.75. The molecule has 94 valence electrons. The minimum Gasteiger partial charge on any atom is -0.480 e. The zero-order valence-electron chi connectivity index (χ0n) is 9.93. The summed E-state index contributed by atoms with van der Waals surface area (Å²) in [6.07, 6.45) is 3.51. The molecule has 2 aliphatic carbocycles. The predicted molar refractivity (Wildman–Crippen MR) is 63.9 cm³/mol. The van der Waals surface area contributed by atoms with Crippen molar-refractivity contribution in [3.05, 3.63) is 0 Å². The maximum Gasteiger partial charge on any atom is 0.321 e. The Hall–Kier alpha value is -0.840. The Bertz CT molecular complexity index is 370. The average molecular weight is 256 g/mol. The largest absolute Gasteiger partial charge is 0.480 e. The van der Waals surface area contributed by atoms with E-state index in [1.54, 1.807) is 11.8 Å². The van der Waals surface area contributed by atoms with Crippen LogP contribution in [0.2, 0.25) is 0 Å². The molecule has 17 heavy (non-hydrogen) atoms. The number of carbonyl (C=O) groups excluding carboxylic acids is 2. The third-order valence-electron chi connectivity index (χ3n) is 4.16. The third-order valence-corrected chi connectivity index (χ3v) is 5.82. The second-order valence-electron chi connectivity index (χ2n) is 5.07. The lowest BCUT2D eigenvalue weighted by Gasteiger charge is -2.30. The van der Waals surface area contributed by atoms with Crippen LogP contribution in [0.4, 0.5) is 0 Å². The van der Waals surface area contributed by atoms with Crippen molar-refractivity contribution in [1.82, 2.24) is 0 Å². The highest BCUT2D eigenvalue weighted by molar-refractivity contribution is 8.00. The molecule has 0 radical (unpaired) electrons. The van der Waals surface area contributed by atoms with Crippen molar-refractivity contribution in [3.63, 3.8) is 0 Å². The number of aliphatic carboxylic acids is 1. The highest BCUT2D eigenvalue weighted by Crippen LogP contribution is 2.60. The predicted octanol–water partition coefficient (Wildman–Crippen LogP) is 1.38. The van der Waals surface area contributed by atoms with Crippen LogP contribution in [0.15, 0.2) is 0 Å². The van der Waals surface area contributed by atoms with Gasteiger partial charge in [0.15, 0.2) is 17.5 Å². The lowest BCUT2D eigenvalue weighted by Crippen LogP contribution is -2.42. The average Bonchev–Trinajstić information content (AvgIpc) is 2.89. The van der Waals surface area contributed by atoms with Gasteiger partial charge in [-0.05, 0) is 24.5 Å². The lowest BCUT2D eigenvalue weighted by atomic mass is 9.77. The fourth-order valence-electron chi connectivity index (χ4n) is 3.03. The highest BCUT2D eigenvalue weighted by Gasteiger charge is 2.58. The SMILES string of the molecule is CSC1(C2CC(=O)C(C(=O)O)C(=O)C2)CC1C. The topological polar surface area (TPSA) is 71.4 Å². The second kappa shape index (κ2) is 4.12. The molecule has 2 atom stereocenters. The Morgan fingerprint density at radius 1 is 1.35 bits per heavy atom. The van der Waals surface area contributed by atoms with Crippen molar-refractivity contribution in [2.45, 2.75) is 30.9 Å². The van der Waals surface area contributed by atoms with Gasteiger partial charge >= 0.3 is 5.97 Å². The van der Waals surface area contributed by atoms with Crippen molar-refractivity contribution in [2.75, 3.05) is 6.26 Å². The highest BCUT2D eigenvalue weighted by atomic mass is 32.2. The van der Waals surface area contributed by atoms with Crippen molar-refractivity contribution in [2.24, 2.45) is 17.8 Å². The monoisotopic (exact) mass is 256 g/mol. The van der Waals surface area contributed by atoms with Gasteiger partial charge in [-0.3, -0.25) is 14.4 Å². The van der Waals surface area contributed by atoms with E-state index in [-0.39, 0.29) is 23.5 Å². The normalized spacial score (nSPS) is 41.4. The molecule has 2 fully saturated rings. The van der Waals surface area contributed by atoms with E-state index in [2.05, 4.69) is 6.92 Å². The van der Waals surface area contributed by atoms with Crippen LogP contribution in [0.1, 0.15) is 26.2 Å². The molecule has 0 bridgehead atoms. The van der Waals surface area contributed by atoms with Crippen LogP contribution < -0.4 is 0 Å². The van der Waals surface area contributed by atoms with Gasteiger partial charge in [0.1, 0.15) is 0 Å². The van der Waals surface area contributed by atoms with Gasteiger partial charge in [-0.2, -0.15) is 11.8 Å². The fourth-order valence-corrected chi connectivity index (χ4v) is 4.35. The zero-order chi connectivity index (χ0) is 12.8. The summed E-state index contributed by atoms with van der Waals surface area (Å²) in [6.45, 7) is 2.12. The first-order valence-corrected chi connectivity index (χ1v) is 6.98. The molecule has 0 aromatic heterocycles. The Labute approximate surface area is 104 Å². The van der Waals surface area contributed by atoms with Crippen molar-refractivity contribution in [1.29, 1.82) is 0 Å². The van der Waals surface area contributed by atoms with E-state index in [4.69, 9.17) is 5.11 Å². The summed E-state index contributed by atoms with van der Waals surface area (Å²) >= 11 is 1.71. The van der Waals surface area contributed by atoms with Crippen LogP contribution in [0.25, 0.3) is 0 Å². The van der Waals surface area contributed by atoms with Crippen molar-refractivity contribution in [3.8, 4) is 0 Å². The molecule has 4 nitrogen and oxygen atoms in total. The smallest absolute Gasteiger partial charge is 0.321 e. The molecule has 1 N–H and O–H groups in total. The van der Waals surface area contributed by atoms with Gasteiger partial charge in [0.25, 0.3) is 0 Å². The van der Waals surface area contributed by atoms with E-state index in [0.29, 0.717) is 5.92 Å². The molecular formula is C12H16O4S. The summed E-state index contributed by atoms with van der Waals surface area (Å²) in [5.41, 5.74) is 0. The number of carbonyl (C=O) groups is 3. The molecular weight excluding hydrogens is 240 g/mol. The summed E-state index contributed by atoms with van der Waals surface area (Å²) in [6, 6.07) is 0. The third kappa shape index (κ3) is 1.90. The Morgan fingerprint density at radius 3 is 2.12 bits per heavy atom. The molecule has 2 aliphatic rings. The number of hydrogen-bond acceptors (Lipinski definition) is 4. The maximum absolute atomic E-state index is 11.7. The molecule has 5 heteroatoms. The van der Waals surface area contributed by atoms with Crippen molar-refractivity contribution < 1.29 is 19.5 Å². The van der Waals surface area contributed by atoms with Crippen LogP contribution >= 0.6 is 11.8 Å². The number of carboxylic acids is 1. The van der Waals surface area contributed by atoms with E-state index in [1.807, 2.05) is 6.26 Å². The summed E-state index contributed by atoms with van der Waals surface area (Å²) in [4.78, 5) is 34.3. The van der Waals surface area contributed by atoms with Crippen molar-refractivity contribution >= 4 is 29.3 Å². The van der Waals surface area contributed by atoms with E-state index in [9.17, 15) is 14.4 Å². The van der Waals surface area contributed by atoms with Gasteiger partial charge < -0.3 is 5.11 Å². The fraction of sp³-hybridized carbons (Fsp3) is 0.750. The Morgan fingerprint density at radius 2 is 1.82 bits per heavy atom. The minimum atomic E-state index is -1.40. The first-order chi connectivity index (χ1) is 7.92. The molecule has 0 aromatic rings. The van der Waals surface area contributed by atoms with Gasteiger partial charge in [-0.1, -0.05) is 6.92 Å². The quantitative estimate of drug-likeness (QED) is 0.772. The first kappa shape index (κ1) is 12.6. The standard InChI is InChI=1S/C12H16O4S/c1-6-5-12(6,17-2)7-3-8(13)10(11(15)16)9(14)4-7/h6-7,10H,3-5H2,1-2H3,(H,15,16). The molecule has 2 saturated carbocycles. The van der Waals surface area contributed by atoms with Gasteiger partial charge in [-0.15, -0.1) is 0 Å². The lowest BCUT2D eigenvalue weighted by molar-refractivity contribution is -0.152. The number of rotatable bonds is 3. The summed E-state index contributed by atoms with van der Waals surface area (Å²) in [5, 5.41) is 8.85. The number of hydrogen-bond donors (Lipinski definition) is 1. The zero-order valence-corrected chi connectivity index (χ0v) is 10.8. The van der Waals surface area contributed by atoms with Crippen LogP contribution in [0.5, 0.6) is 0 Å². The number of carboxylic acid groups (broad SMARTS) is 1. The molecule has 0 amide bonds. The van der Waals surface area contributed by atoms with Gasteiger partial charge in [-0.25, -0.2) is 0 Å². The van der Waals surface area contributed by atoms with Gasteiger partial charge in [0.05, 0.1) is 0 Å². The Kier molecular flexibility index (Phi) is 3.06. The van der Waals surface area contributed by atoms with E-state index < -0.39 is 23.5 Å². The van der Waals surface area contributed by atoms with Crippen LogP contribution in [0.3, 0.4) is 0 Å². The molecule has 0 aliphatic heterocycles. The van der Waals surface area contributed by atoms with Gasteiger partial charge in [0, 0.05) is 17.6 Å². The number of ketones is 2. The molecule has 2 rings (SSSR count).